The highest BCUT2D eigenvalue weighted by molar-refractivity contribution is 6.33. The van der Waals surface area contributed by atoms with Crippen molar-refractivity contribution in [1.82, 2.24) is 10.3 Å². The molecule has 0 saturated heterocycles. The lowest BCUT2D eigenvalue weighted by atomic mass is 10.2. The van der Waals surface area contributed by atoms with Crippen LogP contribution in [0.4, 0.5) is 0 Å². The molecule has 0 bridgehead atoms. The van der Waals surface area contributed by atoms with E-state index in [9.17, 15) is 4.79 Å². The van der Waals surface area contributed by atoms with E-state index in [1.807, 2.05) is 6.92 Å². The van der Waals surface area contributed by atoms with Crippen LogP contribution in [0.3, 0.4) is 0 Å². The van der Waals surface area contributed by atoms with E-state index >= 15 is 0 Å². The molecule has 0 aliphatic rings. The lowest BCUT2D eigenvalue weighted by Crippen LogP contribution is -2.22. The van der Waals surface area contributed by atoms with Crippen LogP contribution in [-0.2, 0) is 0 Å². The Kier molecular flexibility index (Phi) is 3.05. The minimum Gasteiger partial charge on any atom is -0.352 e. The predicted molar refractivity (Wildman–Crippen MR) is 47.3 cm³/mol. The summed E-state index contributed by atoms with van der Waals surface area (Å²) in [5.41, 5.74) is 0.466. The van der Waals surface area contributed by atoms with E-state index in [4.69, 9.17) is 11.6 Å². The molecule has 1 aromatic rings. The summed E-state index contributed by atoms with van der Waals surface area (Å²) in [5, 5.41) is 3.03. The molecule has 1 N–H and O–H groups in total. The molecule has 0 saturated carbocycles. The summed E-state index contributed by atoms with van der Waals surface area (Å²) < 4.78 is 0. The third-order valence-electron chi connectivity index (χ3n) is 1.35. The van der Waals surface area contributed by atoms with Gasteiger partial charge in [0, 0.05) is 18.9 Å². The second-order valence-corrected chi connectivity index (χ2v) is 2.62. The van der Waals surface area contributed by atoms with E-state index in [1.165, 1.54) is 12.4 Å². The highest BCUT2D eigenvalue weighted by atomic mass is 35.5. The van der Waals surface area contributed by atoms with Gasteiger partial charge in [0.1, 0.15) is 0 Å². The molecular weight excluding hydrogens is 176 g/mol. The summed E-state index contributed by atoms with van der Waals surface area (Å²) in [7, 11) is 0. The first-order valence-electron chi connectivity index (χ1n) is 3.63. The molecule has 0 spiro atoms. The maximum absolute atomic E-state index is 11.2. The van der Waals surface area contributed by atoms with Gasteiger partial charge in [0.2, 0.25) is 0 Å². The maximum Gasteiger partial charge on any atom is 0.252 e. The molecule has 1 amide bonds. The zero-order valence-electron chi connectivity index (χ0n) is 6.67. The number of nitrogens with zero attached hydrogens (tertiary/aromatic N) is 1. The van der Waals surface area contributed by atoms with Crippen LogP contribution >= 0.6 is 11.6 Å². The molecule has 1 aromatic heterocycles. The van der Waals surface area contributed by atoms with Crippen molar-refractivity contribution in [2.24, 2.45) is 0 Å². The van der Waals surface area contributed by atoms with Crippen LogP contribution in [0.15, 0.2) is 18.5 Å². The summed E-state index contributed by atoms with van der Waals surface area (Å²) in [6, 6.07) is 1.59. The summed E-state index contributed by atoms with van der Waals surface area (Å²) in [6.45, 7) is 2.45. The Balaban J connectivity index is 2.87. The first-order chi connectivity index (χ1) is 5.75. The molecule has 1 rings (SSSR count). The van der Waals surface area contributed by atoms with Crippen molar-refractivity contribution < 1.29 is 4.79 Å². The number of hydrogen-bond donors (Lipinski definition) is 1. The van der Waals surface area contributed by atoms with Crippen LogP contribution in [0.1, 0.15) is 17.3 Å². The third kappa shape index (κ3) is 1.95. The average molecular weight is 185 g/mol. The Morgan fingerprint density at radius 1 is 1.75 bits per heavy atom. The van der Waals surface area contributed by atoms with Crippen LogP contribution in [0, 0.1) is 0 Å². The van der Waals surface area contributed by atoms with E-state index < -0.39 is 0 Å². The molecule has 4 heteroatoms. The van der Waals surface area contributed by atoms with Gasteiger partial charge in [0.15, 0.2) is 0 Å². The highest BCUT2D eigenvalue weighted by Crippen LogP contribution is 2.12. The second kappa shape index (κ2) is 4.07. The largest absolute Gasteiger partial charge is 0.352 e. The van der Waals surface area contributed by atoms with Crippen molar-refractivity contribution in [3.8, 4) is 0 Å². The van der Waals surface area contributed by atoms with E-state index in [1.54, 1.807) is 6.07 Å². The zero-order valence-corrected chi connectivity index (χ0v) is 7.43. The van der Waals surface area contributed by atoms with Gasteiger partial charge < -0.3 is 5.32 Å². The second-order valence-electron chi connectivity index (χ2n) is 2.21. The van der Waals surface area contributed by atoms with Crippen LogP contribution in [-0.4, -0.2) is 17.4 Å². The number of halogens is 1. The predicted octanol–water partition coefficient (Wildman–Crippen LogP) is 1.48. The van der Waals surface area contributed by atoms with Crippen molar-refractivity contribution in [3.05, 3.63) is 29.0 Å². The minimum atomic E-state index is -0.162. The molecule has 0 radical (unpaired) electrons. The highest BCUT2D eigenvalue weighted by Gasteiger charge is 2.07. The van der Waals surface area contributed by atoms with Gasteiger partial charge in [-0.3, -0.25) is 9.78 Å². The van der Waals surface area contributed by atoms with E-state index in [2.05, 4.69) is 10.3 Å². The van der Waals surface area contributed by atoms with Crippen LogP contribution in [0.2, 0.25) is 5.02 Å². The molecule has 3 nitrogen and oxygen atoms in total. The van der Waals surface area contributed by atoms with Crippen LogP contribution in [0.5, 0.6) is 0 Å². The fourth-order valence-corrected chi connectivity index (χ4v) is 1.02. The Morgan fingerprint density at radius 3 is 3.08 bits per heavy atom. The molecule has 0 fully saturated rings. The number of amides is 1. The zero-order chi connectivity index (χ0) is 8.97. The molecule has 0 aliphatic carbocycles. The molecule has 64 valence electrons. The number of hydrogen-bond acceptors (Lipinski definition) is 2. The van der Waals surface area contributed by atoms with Crippen molar-refractivity contribution >= 4 is 17.5 Å². The third-order valence-corrected chi connectivity index (χ3v) is 1.66. The molecule has 0 aliphatic heterocycles. The number of pyridine rings is 1. The van der Waals surface area contributed by atoms with E-state index in [-0.39, 0.29) is 5.91 Å². The Hall–Kier alpha value is -1.09. The fourth-order valence-electron chi connectivity index (χ4n) is 0.815. The van der Waals surface area contributed by atoms with Crippen molar-refractivity contribution in [3.63, 3.8) is 0 Å². The van der Waals surface area contributed by atoms with E-state index in [0.717, 1.165) is 0 Å². The maximum atomic E-state index is 11.2. The molecule has 0 atom stereocenters. The number of carbonyl (C=O) groups excluding carboxylic acids is 1. The normalized spacial score (nSPS) is 9.50. The lowest BCUT2D eigenvalue weighted by Gasteiger charge is -2.02. The molecular formula is C8H9ClN2O. The number of aromatic nitrogens is 1. The molecule has 0 unspecified atom stereocenters. The SMILES string of the molecule is CCNC(=O)c1ccncc1Cl. The van der Waals surface area contributed by atoms with Gasteiger partial charge in [0.05, 0.1) is 10.6 Å². The number of carbonyl (C=O) groups is 1. The number of rotatable bonds is 2. The van der Waals surface area contributed by atoms with Gasteiger partial charge in [-0.1, -0.05) is 11.6 Å². The summed E-state index contributed by atoms with van der Waals surface area (Å²) in [5.74, 6) is -0.162. The van der Waals surface area contributed by atoms with Gasteiger partial charge in [-0.25, -0.2) is 0 Å². The van der Waals surface area contributed by atoms with Gasteiger partial charge >= 0.3 is 0 Å². The van der Waals surface area contributed by atoms with Gasteiger partial charge in [-0.15, -0.1) is 0 Å². The number of nitrogens with one attached hydrogen (secondary N) is 1. The van der Waals surface area contributed by atoms with Gasteiger partial charge in [-0.2, -0.15) is 0 Å². The fraction of sp³-hybridized carbons (Fsp3) is 0.250. The summed E-state index contributed by atoms with van der Waals surface area (Å²) in [6.07, 6.45) is 2.99. The standard InChI is InChI=1S/C8H9ClN2O/c1-2-11-8(12)6-3-4-10-5-7(6)9/h3-5H,2H2,1H3,(H,11,12). The summed E-state index contributed by atoms with van der Waals surface area (Å²) in [4.78, 5) is 15.0. The first kappa shape index (κ1) is 9.00. The Morgan fingerprint density at radius 2 is 2.50 bits per heavy atom. The van der Waals surface area contributed by atoms with Crippen molar-refractivity contribution in [2.45, 2.75) is 6.92 Å². The Labute approximate surface area is 75.8 Å². The smallest absolute Gasteiger partial charge is 0.252 e. The van der Waals surface area contributed by atoms with Gasteiger partial charge in [-0.05, 0) is 13.0 Å². The molecule has 0 aromatic carbocycles. The van der Waals surface area contributed by atoms with Crippen LogP contribution in [0.25, 0.3) is 0 Å². The molecule has 1 heterocycles. The molecule has 12 heavy (non-hydrogen) atoms. The average Bonchev–Trinajstić information content (AvgIpc) is 2.05. The van der Waals surface area contributed by atoms with Crippen LogP contribution < -0.4 is 5.32 Å². The monoisotopic (exact) mass is 184 g/mol. The van der Waals surface area contributed by atoms with Gasteiger partial charge in [0.25, 0.3) is 5.91 Å². The topological polar surface area (TPSA) is 42.0 Å². The van der Waals surface area contributed by atoms with E-state index in [0.29, 0.717) is 17.1 Å². The quantitative estimate of drug-likeness (QED) is 0.757. The van der Waals surface area contributed by atoms with Crippen molar-refractivity contribution in [1.29, 1.82) is 0 Å². The first-order valence-corrected chi connectivity index (χ1v) is 4.01. The van der Waals surface area contributed by atoms with Crippen molar-refractivity contribution in [2.75, 3.05) is 6.54 Å². The minimum absolute atomic E-state index is 0.162. The summed E-state index contributed by atoms with van der Waals surface area (Å²) >= 11 is 5.73. The lowest BCUT2D eigenvalue weighted by molar-refractivity contribution is 0.0956. The Bertz CT molecular complexity index is 288.